The molecule has 0 atom stereocenters. The fraction of sp³-hybridized carbons (Fsp3) is 0.278. The number of hydrogen-bond donors (Lipinski definition) is 2. The van der Waals surface area contributed by atoms with Crippen LogP contribution < -0.4 is 10.7 Å². The Hall–Kier alpha value is -2.69. The molecule has 2 amide bonds. The molecule has 0 saturated heterocycles. The third-order valence-corrected chi connectivity index (χ3v) is 3.48. The summed E-state index contributed by atoms with van der Waals surface area (Å²) in [5, 5.41) is 8.46. The molecule has 0 saturated carbocycles. The van der Waals surface area contributed by atoms with Gasteiger partial charge in [-0.15, -0.1) is 0 Å². The number of anilines is 1. The minimum absolute atomic E-state index is 0.606. The molecule has 0 heterocycles. The van der Waals surface area contributed by atoms with E-state index in [1.165, 1.54) is 0 Å². The van der Waals surface area contributed by atoms with Crippen LogP contribution >= 0.6 is 0 Å². The highest BCUT2D eigenvalue weighted by Gasteiger charge is 2.14. The van der Waals surface area contributed by atoms with Crippen LogP contribution in [0, 0.1) is 0 Å². The molecule has 23 heavy (non-hydrogen) atoms. The van der Waals surface area contributed by atoms with Crippen molar-refractivity contribution >= 4 is 34.0 Å². The summed E-state index contributed by atoms with van der Waals surface area (Å²) in [6.45, 7) is 3.92. The number of rotatable bonds is 5. The second-order valence-corrected chi connectivity index (χ2v) is 5.37. The molecule has 0 aliphatic rings. The predicted octanol–water partition coefficient (Wildman–Crippen LogP) is 3.46. The van der Waals surface area contributed by atoms with Gasteiger partial charge in [0.25, 0.3) is 0 Å². The molecule has 2 aromatic rings. The van der Waals surface area contributed by atoms with Crippen LogP contribution in [0.5, 0.6) is 0 Å². The Morgan fingerprint density at radius 2 is 1.78 bits per heavy atom. The summed E-state index contributed by atoms with van der Waals surface area (Å²) < 4.78 is 0. The molecule has 2 rings (SSSR count). The first-order chi connectivity index (χ1) is 11.1. The van der Waals surface area contributed by atoms with Crippen molar-refractivity contribution in [2.24, 2.45) is 5.10 Å². The van der Waals surface area contributed by atoms with Crippen molar-refractivity contribution in [3.63, 3.8) is 0 Å². The quantitative estimate of drug-likeness (QED) is 0.504. The second kappa shape index (κ2) is 8.08. The zero-order valence-electron chi connectivity index (χ0n) is 13.4. The molecule has 2 N–H and O–H groups in total. The van der Waals surface area contributed by atoms with E-state index in [0.29, 0.717) is 5.69 Å². The van der Waals surface area contributed by atoms with Crippen LogP contribution in [-0.2, 0) is 9.59 Å². The summed E-state index contributed by atoms with van der Waals surface area (Å²) in [4.78, 5) is 23.8. The minimum atomic E-state index is -0.770. The summed E-state index contributed by atoms with van der Waals surface area (Å²) in [7, 11) is 0. The molecule has 2 aromatic carbocycles. The van der Waals surface area contributed by atoms with Gasteiger partial charge in [-0.1, -0.05) is 49.7 Å². The van der Waals surface area contributed by atoms with Gasteiger partial charge in [-0.3, -0.25) is 9.59 Å². The maximum Gasteiger partial charge on any atom is 0.329 e. The summed E-state index contributed by atoms with van der Waals surface area (Å²) in [6.07, 6.45) is 2.87. The van der Waals surface area contributed by atoms with E-state index in [9.17, 15) is 9.59 Å². The highest BCUT2D eigenvalue weighted by atomic mass is 16.2. The van der Waals surface area contributed by atoms with Crippen molar-refractivity contribution in [1.82, 2.24) is 5.43 Å². The molecular formula is C18H21N3O2. The van der Waals surface area contributed by atoms with Crippen molar-refractivity contribution < 1.29 is 9.59 Å². The predicted molar refractivity (Wildman–Crippen MR) is 93.4 cm³/mol. The van der Waals surface area contributed by atoms with Crippen LogP contribution in [0.1, 0.15) is 33.1 Å². The highest BCUT2D eigenvalue weighted by molar-refractivity contribution is 6.40. The molecule has 0 aromatic heterocycles. The molecule has 5 heteroatoms. The largest absolute Gasteiger partial charge is 0.329 e. The number of nitrogens with one attached hydrogen (secondary N) is 2. The fourth-order valence-corrected chi connectivity index (χ4v) is 2.20. The van der Waals surface area contributed by atoms with Gasteiger partial charge in [0, 0.05) is 16.8 Å². The normalized spacial score (nSPS) is 11.3. The van der Waals surface area contributed by atoms with E-state index in [4.69, 9.17) is 0 Å². The number of unbranched alkanes of at least 4 members (excludes halogenated alkanes) is 1. The number of hydrazone groups is 1. The first-order valence-corrected chi connectivity index (χ1v) is 7.74. The van der Waals surface area contributed by atoms with E-state index in [1.807, 2.05) is 43.3 Å². The molecular weight excluding hydrogens is 290 g/mol. The Labute approximate surface area is 135 Å². The molecule has 5 nitrogen and oxygen atoms in total. The molecule has 0 bridgehead atoms. The zero-order valence-corrected chi connectivity index (χ0v) is 13.4. The number of amides is 2. The average molecular weight is 311 g/mol. The Morgan fingerprint density at radius 1 is 1.04 bits per heavy atom. The molecule has 0 fully saturated rings. The van der Waals surface area contributed by atoms with Gasteiger partial charge in [0.1, 0.15) is 0 Å². The van der Waals surface area contributed by atoms with Crippen molar-refractivity contribution in [1.29, 1.82) is 0 Å². The van der Waals surface area contributed by atoms with Crippen molar-refractivity contribution in [2.45, 2.75) is 33.1 Å². The van der Waals surface area contributed by atoms with Crippen LogP contribution in [0.25, 0.3) is 10.8 Å². The summed E-state index contributed by atoms with van der Waals surface area (Å²) >= 11 is 0. The first kappa shape index (κ1) is 16.7. The molecule has 0 spiro atoms. The Balaban J connectivity index is 2.02. The van der Waals surface area contributed by atoms with E-state index in [1.54, 1.807) is 6.07 Å². The van der Waals surface area contributed by atoms with Crippen LogP contribution in [0.2, 0.25) is 0 Å². The van der Waals surface area contributed by atoms with Gasteiger partial charge in [0.05, 0.1) is 0 Å². The summed E-state index contributed by atoms with van der Waals surface area (Å²) in [5.41, 5.74) is 3.71. The Bertz CT molecular complexity index is 733. The van der Waals surface area contributed by atoms with Crippen molar-refractivity contribution in [3.8, 4) is 0 Å². The highest BCUT2D eigenvalue weighted by Crippen LogP contribution is 2.22. The van der Waals surface area contributed by atoms with Crippen LogP contribution in [-0.4, -0.2) is 17.5 Å². The lowest BCUT2D eigenvalue weighted by atomic mass is 10.1. The van der Waals surface area contributed by atoms with E-state index in [2.05, 4.69) is 22.8 Å². The molecule has 0 aliphatic carbocycles. The van der Waals surface area contributed by atoms with Gasteiger partial charge >= 0.3 is 11.8 Å². The van der Waals surface area contributed by atoms with E-state index >= 15 is 0 Å². The number of hydrogen-bond acceptors (Lipinski definition) is 3. The SMILES string of the molecule is CCCC/C(C)=N/NC(=O)C(=O)Nc1cccc2ccccc12. The van der Waals surface area contributed by atoms with Crippen LogP contribution in [0.3, 0.4) is 0 Å². The number of carbonyl (C=O) groups excluding carboxylic acids is 2. The number of carbonyl (C=O) groups is 2. The van der Waals surface area contributed by atoms with Crippen molar-refractivity contribution in [2.75, 3.05) is 5.32 Å². The third-order valence-electron chi connectivity index (χ3n) is 3.48. The summed E-state index contributed by atoms with van der Waals surface area (Å²) in [6, 6.07) is 13.2. The van der Waals surface area contributed by atoms with Crippen LogP contribution in [0.15, 0.2) is 47.6 Å². The smallest absolute Gasteiger partial charge is 0.317 e. The molecule has 0 aliphatic heterocycles. The van der Waals surface area contributed by atoms with Gasteiger partial charge in [0.15, 0.2) is 0 Å². The Morgan fingerprint density at radius 3 is 2.57 bits per heavy atom. The summed E-state index contributed by atoms with van der Waals surface area (Å²) in [5.74, 6) is -1.50. The van der Waals surface area contributed by atoms with Gasteiger partial charge < -0.3 is 5.32 Å². The zero-order chi connectivity index (χ0) is 16.7. The maximum absolute atomic E-state index is 12.0. The lowest BCUT2D eigenvalue weighted by molar-refractivity contribution is -0.136. The molecule has 0 unspecified atom stereocenters. The maximum atomic E-state index is 12.0. The molecule has 0 radical (unpaired) electrons. The number of benzene rings is 2. The molecule has 120 valence electrons. The van der Waals surface area contributed by atoms with Gasteiger partial charge in [-0.2, -0.15) is 5.10 Å². The number of fused-ring (bicyclic) bond motifs is 1. The van der Waals surface area contributed by atoms with Crippen molar-refractivity contribution in [3.05, 3.63) is 42.5 Å². The minimum Gasteiger partial charge on any atom is -0.317 e. The van der Waals surface area contributed by atoms with Crippen LogP contribution in [0.4, 0.5) is 5.69 Å². The van der Waals surface area contributed by atoms with E-state index in [0.717, 1.165) is 35.7 Å². The van der Waals surface area contributed by atoms with Gasteiger partial charge in [0.2, 0.25) is 0 Å². The van der Waals surface area contributed by atoms with E-state index < -0.39 is 11.8 Å². The monoisotopic (exact) mass is 311 g/mol. The number of nitrogens with zero attached hydrogens (tertiary/aromatic N) is 1. The van der Waals surface area contributed by atoms with E-state index in [-0.39, 0.29) is 0 Å². The standard InChI is InChI=1S/C18H21N3O2/c1-3-4-8-13(2)20-21-18(23)17(22)19-16-12-7-10-14-9-5-6-11-15(14)16/h5-7,9-12H,3-4,8H2,1-2H3,(H,19,22)(H,21,23)/b20-13+. The Kier molecular flexibility index (Phi) is 5.86. The topological polar surface area (TPSA) is 70.6 Å². The fourth-order valence-electron chi connectivity index (χ4n) is 2.20. The first-order valence-electron chi connectivity index (χ1n) is 7.74. The lowest BCUT2D eigenvalue weighted by Gasteiger charge is -2.08. The van der Waals surface area contributed by atoms with Gasteiger partial charge in [-0.05, 0) is 31.2 Å². The second-order valence-electron chi connectivity index (χ2n) is 5.37. The van der Waals surface area contributed by atoms with Gasteiger partial charge in [-0.25, -0.2) is 5.43 Å². The third kappa shape index (κ3) is 4.64. The lowest BCUT2D eigenvalue weighted by Crippen LogP contribution is -2.32. The average Bonchev–Trinajstić information content (AvgIpc) is 2.58.